The first kappa shape index (κ1) is 10.1. The number of hydrogen-bond acceptors (Lipinski definition) is 4. The number of ether oxygens (including phenoxy) is 1. The highest BCUT2D eigenvalue weighted by molar-refractivity contribution is 4.92. The van der Waals surface area contributed by atoms with Gasteiger partial charge in [0.25, 0.3) is 0 Å². The summed E-state index contributed by atoms with van der Waals surface area (Å²) in [6.45, 7) is 0.597. The molecule has 1 unspecified atom stereocenters. The minimum Gasteiger partial charge on any atom is -0.383 e. The molecule has 0 saturated heterocycles. The van der Waals surface area contributed by atoms with E-state index in [0.29, 0.717) is 6.61 Å². The number of rotatable bonds is 5. The highest BCUT2D eigenvalue weighted by Gasteiger charge is 2.04. The van der Waals surface area contributed by atoms with Crippen LogP contribution in [0.25, 0.3) is 0 Å². The smallest absolute Gasteiger partial charge is 0.0827 e. The van der Waals surface area contributed by atoms with Gasteiger partial charge in [0.1, 0.15) is 0 Å². The van der Waals surface area contributed by atoms with Gasteiger partial charge in [-0.2, -0.15) is 0 Å². The lowest BCUT2D eigenvalue weighted by molar-refractivity contribution is 0.177. The normalized spacial score (nSPS) is 13.2. The first-order valence-electron chi connectivity index (χ1n) is 4.32. The van der Waals surface area contributed by atoms with Gasteiger partial charge in [0.05, 0.1) is 12.3 Å². The number of aryl methyl sites for hydroxylation is 2. The summed E-state index contributed by atoms with van der Waals surface area (Å²) in [4.78, 5) is 0. The second-order valence-corrected chi connectivity index (χ2v) is 3.14. The van der Waals surface area contributed by atoms with Crippen LogP contribution < -0.4 is 5.73 Å². The van der Waals surface area contributed by atoms with E-state index in [-0.39, 0.29) is 6.04 Å². The Labute approximate surface area is 77.9 Å². The first-order valence-corrected chi connectivity index (χ1v) is 4.32. The van der Waals surface area contributed by atoms with E-state index >= 15 is 0 Å². The lowest BCUT2D eigenvalue weighted by Crippen LogP contribution is -2.26. The maximum atomic E-state index is 5.76. The molecule has 0 aliphatic heterocycles. The fourth-order valence-electron chi connectivity index (χ4n) is 1.14. The van der Waals surface area contributed by atoms with Crippen molar-refractivity contribution in [3.05, 3.63) is 11.9 Å². The van der Waals surface area contributed by atoms with E-state index in [2.05, 4.69) is 10.3 Å². The molecule has 0 aliphatic rings. The molecule has 1 rings (SSSR count). The quantitative estimate of drug-likeness (QED) is 0.683. The number of nitrogens with two attached hydrogens (primary N) is 1. The van der Waals surface area contributed by atoms with E-state index in [9.17, 15) is 0 Å². The highest BCUT2D eigenvalue weighted by atomic mass is 16.5. The summed E-state index contributed by atoms with van der Waals surface area (Å²) in [5.41, 5.74) is 6.74. The fraction of sp³-hybridized carbons (Fsp3) is 0.750. The minimum absolute atomic E-state index is 0.0898. The molecular formula is C8H16N4O. The Morgan fingerprint density at radius 1 is 1.69 bits per heavy atom. The average Bonchev–Trinajstić information content (AvgIpc) is 2.49. The number of aromatic nitrogens is 3. The van der Waals surface area contributed by atoms with Crippen LogP contribution in [0.15, 0.2) is 6.20 Å². The van der Waals surface area contributed by atoms with Gasteiger partial charge in [0.15, 0.2) is 0 Å². The summed E-state index contributed by atoms with van der Waals surface area (Å²) in [6, 6.07) is 0.0898. The molecular weight excluding hydrogens is 168 g/mol. The molecule has 0 amide bonds. The molecule has 0 fully saturated rings. The lowest BCUT2D eigenvalue weighted by Gasteiger charge is -2.07. The zero-order valence-corrected chi connectivity index (χ0v) is 8.10. The van der Waals surface area contributed by atoms with E-state index in [1.165, 1.54) is 0 Å². The Morgan fingerprint density at radius 3 is 3.00 bits per heavy atom. The second-order valence-electron chi connectivity index (χ2n) is 3.14. The Morgan fingerprint density at radius 2 is 2.46 bits per heavy atom. The molecule has 74 valence electrons. The number of hydrogen-bond donors (Lipinski definition) is 1. The molecule has 0 saturated carbocycles. The van der Waals surface area contributed by atoms with Gasteiger partial charge in [-0.1, -0.05) is 5.21 Å². The Hall–Kier alpha value is -0.940. The largest absolute Gasteiger partial charge is 0.383 e. The minimum atomic E-state index is 0.0898. The highest BCUT2D eigenvalue weighted by Crippen LogP contribution is 1.99. The molecule has 1 heterocycles. The third-order valence-corrected chi connectivity index (χ3v) is 1.80. The molecule has 2 N–H and O–H groups in total. The fourth-order valence-corrected chi connectivity index (χ4v) is 1.14. The Kier molecular flexibility index (Phi) is 3.85. The van der Waals surface area contributed by atoms with Crippen LogP contribution in [0.3, 0.4) is 0 Å². The summed E-state index contributed by atoms with van der Waals surface area (Å²) in [6.07, 6.45) is 3.64. The Balaban J connectivity index is 2.26. The molecule has 13 heavy (non-hydrogen) atoms. The molecule has 0 aromatic carbocycles. The molecule has 0 radical (unpaired) electrons. The van der Waals surface area contributed by atoms with Gasteiger partial charge in [-0.15, -0.1) is 5.10 Å². The summed E-state index contributed by atoms with van der Waals surface area (Å²) in [5.74, 6) is 0. The number of nitrogens with zero attached hydrogens (tertiary/aromatic N) is 3. The standard InChI is InChI=1S/C8H16N4O/c1-12-5-8(10-11-12)4-3-7(9)6-13-2/h5,7H,3-4,6,9H2,1-2H3. The second kappa shape index (κ2) is 4.94. The van der Waals surface area contributed by atoms with Gasteiger partial charge < -0.3 is 10.5 Å². The van der Waals surface area contributed by atoms with Crippen molar-refractivity contribution in [2.75, 3.05) is 13.7 Å². The van der Waals surface area contributed by atoms with Crippen LogP contribution in [-0.2, 0) is 18.2 Å². The SMILES string of the molecule is COCC(N)CCc1cn(C)nn1. The first-order chi connectivity index (χ1) is 6.22. The molecule has 0 aliphatic carbocycles. The molecule has 0 spiro atoms. The van der Waals surface area contributed by atoms with E-state index < -0.39 is 0 Å². The molecule has 0 bridgehead atoms. The van der Waals surface area contributed by atoms with E-state index in [1.54, 1.807) is 11.8 Å². The van der Waals surface area contributed by atoms with Gasteiger partial charge in [-0.05, 0) is 12.8 Å². The summed E-state index contributed by atoms with van der Waals surface area (Å²) >= 11 is 0. The predicted molar refractivity (Wildman–Crippen MR) is 49.2 cm³/mol. The van der Waals surface area contributed by atoms with Crippen molar-refractivity contribution in [2.45, 2.75) is 18.9 Å². The predicted octanol–water partition coefficient (Wildman–Crippen LogP) is -0.279. The topological polar surface area (TPSA) is 66.0 Å². The van der Waals surface area contributed by atoms with Crippen LogP contribution in [0.1, 0.15) is 12.1 Å². The third kappa shape index (κ3) is 3.52. The molecule has 1 aromatic heterocycles. The summed E-state index contributed by atoms with van der Waals surface area (Å²) < 4.78 is 6.62. The molecule has 5 heteroatoms. The zero-order chi connectivity index (χ0) is 9.68. The van der Waals surface area contributed by atoms with Gasteiger partial charge in [0.2, 0.25) is 0 Å². The van der Waals surface area contributed by atoms with Crippen LogP contribution in [0.5, 0.6) is 0 Å². The maximum absolute atomic E-state index is 5.76. The van der Waals surface area contributed by atoms with Crippen LogP contribution in [-0.4, -0.2) is 34.8 Å². The van der Waals surface area contributed by atoms with Crippen LogP contribution in [0, 0.1) is 0 Å². The van der Waals surface area contributed by atoms with Crippen LogP contribution in [0.2, 0.25) is 0 Å². The van der Waals surface area contributed by atoms with Crippen molar-refractivity contribution >= 4 is 0 Å². The third-order valence-electron chi connectivity index (χ3n) is 1.80. The van der Waals surface area contributed by atoms with Crippen molar-refractivity contribution in [2.24, 2.45) is 12.8 Å². The van der Waals surface area contributed by atoms with Crippen molar-refractivity contribution in [3.63, 3.8) is 0 Å². The van der Waals surface area contributed by atoms with Crippen molar-refractivity contribution in [1.82, 2.24) is 15.0 Å². The van der Waals surface area contributed by atoms with Crippen LogP contribution in [0.4, 0.5) is 0 Å². The molecule has 1 atom stereocenters. The van der Waals surface area contributed by atoms with Crippen molar-refractivity contribution in [1.29, 1.82) is 0 Å². The van der Waals surface area contributed by atoms with E-state index in [1.807, 2.05) is 13.2 Å². The molecule has 5 nitrogen and oxygen atoms in total. The van der Waals surface area contributed by atoms with Gasteiger partial charge >= 0.3 is 0 Å². The lowest BCUT2D eigenvalue weighted by atomic mass is 10.1. The van der Waals surface area contributed by atoms with Gasteiger partial charge in [-0.25, -0.2) is 0 Å². The number of methoxy groups -OCH3 is 1. The van der Waals surface area contributed by atoms with Gasteiger partial charge in [-0.3, -0.25) is 4.68 Å². The van der Waals surface area contributed by atoms with E-state index in [0.717, 1.165) is 18.5 Å². The van der Waals surface area contributed by atoms with Crippen molar-refractivity contribution < 1.29 is 4.74 Å². The monoisotopic (exact) mass is 184 g/mol. The summed E-state index contributed by atoms with van der Waals surface area (Å²) in [7, 11) is 3.51. The van der Waals surface area contributed by atoms with Crippen molar-refractivity contribution in [3.8, 4) is 0 Å². The van der Waals surface area contributed by atoms with E-state index in [4.69, 9.17) is 10.5 Å². The Bertz CT molecular complexity index is 248. The maximum Gasteiger partial charge on any atom is 0.0827 e. The zero-order valence-electron chi connectivity index (χ0n) is 8.10. The van der Waals surface area contributed by atoms with Gasteiger partial charge in [0, 0.05) is 26.4 Å². The summed E-state index contributed by atoms with van der Waals surface area (Å²) in [5, 5.41) is 7.80. The average molecular weight is 184 g/mol. The van der Waals surface area contributed by atoms with Crippen LogP contribution >= 0.6 is 0 Å². The molecule has 1 aromatic rings.